The molecule has 0 aliphatic heterocycles. The third-order valence-electron chi connectivity index (χ3n) is 3.11. The van der Waals surface area contributed by atoms with E-state index >= 15 is 0 Å². The summed E-state index contributed by atoms with van der Waals surface area (Å²) in [4.78, 5) is 12.3. The molecular formula is C17H11Cl3N2O. The Morgan fingerprint density at radius 3 is 2.43 bits per heavy atom. The zero-order chi connectivity index (χ0) is 17.0. The van der Waals surface area contributed by atoms with Crippen molar-refractivity contribution in [1.29, 1.82) is 5.26 Å². The maximum absolute atomic E-state index is 12.3. The van der Waals surface area contributed by atoms with E-state index in [1.165, 1.54) is 6.08 Å². The zero-order valence-electron chi connectivity index (χ0n) is 12.0. The lowest BCUT2D eigenvalue weighted by Gasteiger charge is -2.10. The average Bonchev–Trinajstić information content (AvgIpc) is 2.52. The number of amides is 1. The molecule has 2 aromatic rings. The molecule has 0 fully saturated rings. The topological polar surface area (TPSA) is 52.9 Å². The number of nitrogens with one attached hydrogen (secondary N) is 1. The average molecular weight is 366 g/mol. The summed E-state index contributed by atoms with van der Waals surface area (Å²) < 4.78 is 0. The molecule has 0 aromatic heterocycles. The van der Waals surface area contributed by atoms with Gasteiger partial charge in [-0.2, -0.15) is 5.26 Å². The second kappa shape index (κ2) is 7.52. The van der Waals surface area contributed by atoms with Gasteiger partial charge >= 0.3 is 0 Å². The number of carbonyl (C=O) groups is 1. The van der Waals surface area contributed by atoms with Gasteiger partial charge in [-0.1, -0.05) is 59.1 Å². The molecule has 0 atom stereocenters. The second-order valence-electron chi connectivity index (χ2n) is 4.70. The number of para-hydroxylation sites is 1. The molecule has 0 unspecified atom stereocenters. The van der Waals surface area contributed by atoms with Gasteiger partial charge in [-0.3, -0.25) is 4.79 Å². The molecule has 3 nitrogen and oxygen atoms in total. The van der Waals surface area contributed by atoms with E-state index in [2.05, 4.69) is 5.32 Å². The van der Waals surface area contributed by atoms with Crippen molar-refractivity contribution in [2.45, 2.75) is 6.92 Å². The van der Waals surface area contributed by atoms with Gasteiger partial charge in [0.25, 0.3) is 5.91 Å². The van der Waals surface area contributed by atoms with Crippen LogP contribution >= 0.6 is 34.8 Å². The van der Waals surface area contributed by atoms with Crippen LogP contribution in [0.15, 0.2) is 42.0 Å². The van der Waals surface area contributed by atoms with Gasteiger partial charge in [-0.25, -0.2) is 0 Å². The van der Waals surface area contributed by atoms with Crippen molar-refractivity contribution in [2.24, 2.45) is 0 Å². The monoisotopic (exact) mass is 364 g/mol. The Morgan fingerprint density at radius 1 is 1.13 bits per heavy atom. The van der Waals surface area contributed by atoms with Crippen LogP contribution < -0.4 is 5.32 Å². The standard InChI is InChI=1S/C17H11Cl3N2O/c1-10-4-2-7-14(19)16(10)22-17(23)12(9-21)8-11-5-3-6-13(18)15(11)20/h2-8H,1H3,(H,22,23)/b12-8+. The molecular weight excluding hydrogens is 355 g/mol. The number of nitriles is 1. The van der Waals surface area contributed by atoms with Crippen LogP contribution in [0, 0.1) is 18.3 Å². The Bertz CT molecular complexity index is 818. The molecule has 1 N–H and O–H groups in total. The zero-order valence-corrected chi connectivity index (χ0v) is 14.3. The van der Waals surface area contributed by atoms with Gasteiger partial charge in [0.05, 0.1) is 20.8 Å². The third kappa shape index (κ3) is 4.05. The molecule has 116 valence electrons. The van der Waals surface area contributed by atoms with Crippen molar-refractivity contribution < 1.29 is 4.79 Å². The van der Waals surface area contributed by atoms with Crippen LogP contribution in [0.4, 0.5) is 5.69 Å². The highest BCUT2D eigenvalue weighted by molar-refractivity contribution is 6.43. The number of nitrogens with zero attached hydrogens (tertiary/aromatic N) is 1. The number of rotatable bonds is 3. The first-order chi connectivity index (χ1) is 10.9. The predicted molar refractivity (Wildman–Crippen MR) is 94.9 cm³/mol. The van der Waals surface area contributed by atoms with Crippen LogP contribution in [0.25, 0.3) is 6.08 Å². The largest absolute Gasteiger partial charge is 0.320 e. The molecule has 6 heteroatoms. The minimum Gasteiger partial charge on any atom is -0.320 e. The van der Waals surface area contributed by atoms with Gasteiger partial charge in [-0.05, 0) is 36.3 Å². The van der Waals surface area contributed by atoms with E-state index in [1.54, 1.807) is 30.3 Å². The second-order valence-corrected chi connectivity index (χ2v) is 5.89. The van der Waals surface area contributed by atoms with Gasteiger partial charge in [0.15, 0.2) is 0 Å². The first-order valence-corrected chi connectivity index (χ1v) is 7.69. The summed E-state index contributed by atoms with van der Waals surface area (Å²) in [6.45, 7) is 1.81. The van der Waals surface area contributed by atoms with Crippen LogP contribution in [-0.2, 0) is 4.79 Å². The van der Waals surface area contributed by atoms with E-state index in [0.29, 0.717) is 21.3 Å². The minimum absolute atomic E-state index is 0.103. The van der Waals surface area contributed by atoms with Crippen LogP contribution in [-0.4, -0.2) is 5.91 Å². The summed E-state index contributed by atoms with van der Waals surface area (Å²) in [6.07, 6.45) is 1.38. The number of benzene rings is 2. The molecule has 1 amide bonds. The summed E-state index contributed by atoms with van der Waals surface area (Å²) in [5.41, 5.74) is 1.65. The van der Waals surface area contributed by atoms with Crippen molar-refractivity contribution in [3.63, 3.8) is 0 Å². The highest BCUT2D eigenvalue weighted by Gasteiger charge is 2.14. The Hall–Kier alpha value is -1.99. The van der Waals surface area contributed by atoms with E-state index in [9.17, 15) is 10.1 Å². The predicted octanol–water partition coefficient (Wildman–Crippen LogP) is 5.50. The first kappa shape index (κ1) is 17.4. The van der Waals surface area contributed by atoms with Crippen molar-refractivity contribution in [3.8, 4) is 6.07 Å². The Balaban J connectivity index is 2.35. The summed E-state index contributed by atoms with van der Waals surface area (Å²) >= 11 is 18.1. The van der Waals surface area contributed by atoms with E-state index in [4.69, 9.17) is 34.8 Å². The van der Waals surface area contributed by atoms with E-state index in [-0.39, 0.29) is 10.6 Å². The molecule has 0 aliphatic rings. The van der Waals surface area contributed by atoms with Crippen molar-refractivity contribution >= 4 is 52.5 Å². The molecule has 2 rings (SSSR count). The van der Waals surface area contributed by atoms with E-state index < -0.39 is 5.91 Å². The summed E-state index contributed by atoms with van der Waals surface area (Å²) in [5.74, 6) is -0.570. The van der Waals surface area contributed by atoms with E-state index in [0.717, 1.165) is 5.56 Å². The summed E-state index contributed by atoms with van der Waals surface area (Å²) in [7, 11) is 0. The number of hydrogen-bond donors (Lipinski definition) is 1. The van der Waals surface area contributed by atoms with Gasteiger partial charge in [-0.15, -0.1) is 0 Å². The Morgan fingerprint density at radius 2 is 1.78 bits per heavy atom. The number of anilines is 1. The highest BCUT2D eigenvalue weighted by Crippen LogP contribution is 2.28. The van der Waals surface area contributed by atoms with Crippen LogP contribution in [0.5, 0.6) is 0 Å². The highest BCUT2D eigenvalue weighted by atomic mass is 35.5. The first-order valence-electron chi connectivity index (χ1n) is 6.56. The molecule has 0 saturated carbocycles. The number of aryl methyl sites for hydroxylation is 1. The van der Waals surface area contributed by atoms with E-state index in [1.807, 2.05) is 19.1 Å². The smallest absolute Gasteiger partial charge is 0.266 e. The van der Waals surface area contributed by atoms with Crippen molar-refractivity contribution in [1.82, 2.24) is 0 Å². The fraction of sp³-hybridized carbons (Fsp3) is 0.0588. The number of halogens is 3. The fourth-order valence-electron chi connectivity index (χ4n) is 1.91. The molecule has 0 radical (unpaired) electrons. The van der Waals surface area contributed by atoms with Gasteiger partial charge in [0.1, 0.15) is 11.6 Å². The molecule has 23 heavy (non-hydrogen) atoms. The lowest BCUT2D eigenvalue weighted by atomic mass is 10.1. The third-order valence-corrected chi connectivity index (χ3v) is 4.26. The van der Waals surface area contributed by atoms with Crippen LogP contribution in [0.1, 0.15) is 11.1 Å². The maximum atomic E-state index is 12.3. The Labute approximate surface area is 149 Å². The summed E-state index contributed by atoms with van der Waals surface area (Å²) in [6, 6.07) is 12.1. The lowest BCUT2D eigenvalue weighted by molar-refractivity contribution is -0.112. The molecule has 0 heterocycles. The summed E-state index contributed by atoms with van der Waals surface area (Å²) in [5, 5.41) is 12.9. The number of hydrogen-bond acceptors (Lipinski definition) is 2. The molecule has 0 bridgehead atoms. The van der Waals surface area contributed by atoms with Gasteiger partial charge in [0.2, 0.25) is 0 Å². The fourth-order valence-corrected chi connectivity index (χ4v) is 2.54. The van der Waals surface area contributed by atoms with Crippen LogP contribution in [0.3, 0.4) is 0 Å². The normalized spacial score (nSPS) is 11.0. The molecule has 0 saturated heterocycles. The van der Waals surface area contributed by atoms with Gasteiger partial charge in [0, 0.05) is 0 Å². The molecule has 0 aliphatic carbocycles. The molecule has 2 aromatic carbocycles. The van der Waals surface area contributed by atoms with Crippen molar-refractivity contribution in [2.75, 3.05) is 5.32 Å². The minimum atomic E-state index is -0.570. The number of carbonyl (C=O) groups excluding carboxylic acids is 1. The van der Waals surface area contributed by atoms with Crippen LogP contribution in [0.2, 0.25) is 15.1 Å². The lowest BCUT2D eigenvalue weighted by Crippen LogP contribution is -2.14. The van der Waals surface area contributed by atoms with Crippen molar-refractivity contribution in [3.05, 3.63) is 68.2 Å². The maximum Gasteiger partial charge on any atom is 0.266 e. The SMILES string of the molecule is Cc1cccc(Cl)c1NC(=O)/C(C#N)=C/c1cccc(Cl)c1Cl. The quantitative estimate of drug-likeness (QED) is 0.576. The Kier molecular flexibility index (Phi) is 5.68. The molecule has 0 spiro atoms. The van der Waals surface area contributed by atoms with Gasteiger partial charge < -0.3 is 5.32 Å².